The van der Waals surface area contributed by atoms with Gasteiger partial charge in [0.1, 0.15) is 0 Å². The van der Waals surface area contributed by atoms with Crippen molar-refractivity contribution >= 4 is 5.91 Å². The van der Waals surface area contributed by atoms with Gasteiger partial charge >= 0.3 is 0 Å². The number of carbonyl (C=O) groups excluding carboxylic acids is 1. The van der Waals surface area contributed by atoms with Crippen LogP contribution >= 0.6 is 0 Å². The lowest BCUT2D eigenvalue weighted by atomic mass is 10.0. The quantitative estimate of drug-likeness (QED) is 0.865. The molecule has 1 N–H and O–H groups in total. The molecule has 2 unspecified atom stereocenters. The molecule has 20 heavy (non-hydrogen) atoms. The lowest BCUT2D eigenvalue weighted by Crippen LogP contribution is -2.38. The molecule has 2 atom stereocenters. The zero-order chi connectivity index (χ0) is 14.5. The third-order valence-corrected chi connectivity index (χ3v) is 4.38. The molecular formula is C17H26N2O. The fraction of sp³-hybridized carbons (Fsp3) is 0.588. The van der Waals surface area contributed by atoms with Crippen molar-refractivity contribution in [2.24, 2.45) is 5.92 Å². The Kier molecular flexibility index (Phi) is 5.18. The molecule has 1 heterocycles. The highest BCUT2D eigenvalue weighted by molar-refractivity contribution is 5.84. The Bertz CT molecular complexity index is 428. The van der Waals surface area contributed by atoms with Crippen LogP contribution in [0.25, 0.3) is 0 Å². The van der Waals surface area contributed by atoms with E-state index >= 15 is 0 Å². The Morgan fingerprint density at radius 3 is 2.45 bits per heavy atom. The Morgan fingerprint density at radius 1 is 1.20 bits per heavy atom. The molecule has 0 spiro atoms. The number of amides is 1. The normalized spacial score (nSPS) is 22.8. The third-order valence-electron chi connectivity index (χ3n) is 4.38. The van der Waals surface area contributed by atoms with Crippen LogP contribution in [0.1, 0.15) is 39.2 Å². The number of rotatable bonds is 6. The van der Waals surface area contributed by atoms with Crippen molar-refractivity contribution in [3.63, 3.8) is 0 Å². The van der Waals surface area contributed by atoms with Crippen LogP contribution < -0.4 is 5.32 Å². The van der Waals surface area contributed by atoms with Gasteiger partial charge in [-0.25, -0.2) is 0 Å². The predicted molar refractivity (Wildman–Crippen MR) is 82.3 cm³/mol. The fourth-order valence-corrected chi connectivity index (χ4v) is 2.91. The molecule has 3 heteroatoms. The number of carbonyl (C=O) groups is 1. The van der Waals surface area contributed by atoms with Crippen LogP contribution in [0, 0.1) is 5.92 Å². The van der Waals surface area contributed by atoms with Gasteiger partial charge in [0.15, 0.2) is 0 Å². The van der Waals surface area contributed by atoms with Crippen LogP contribution in [-0.4, -0.2) is 29.6 Å². The van der Waals surface area contributed by atoms with E-state index < -0.39 is 0 Å². The summed E-state index contributed by atoms with van der Waals surface area (Å²) in [5.74, 6) is 0.868. The van der Waals surface area contributed by atoms with Gasteiger partial charge in [-0.15, -0.1) is 0 Å². The summed E-state index contributed by atoms with van der Waals surface area (Å²) < 4.78 is 0. The van der Waals surface area contributed by atoms with E-state index in [9.17, 15) is 4.79 Å². The van der Waals surface area contributed by atoms with E-state index in [-0.39, 0.29) is 18.1 Å². The molecule has 1 aromatic rings. The highest BCUT2D eigenvalue weighted by Crippen LogP contribution is 2.19. The van der Waals surface area contributed by atoms with Crippen molar-refractivity contribution in [1.29, 1.82) is 0 Å². The van der Waals surface area contributed by atoms with E-state index in [1.807, 2.05) is 23.1 Å². The third kappa shape index (κ3) is 3.40. The van der Waals surface area contributed by atoms with E-state index in [2.05, 4.69) is 38.2 Å². The van der Waals surface area contributed by atoms with Crippen molar-refractivity contribution in [3.8, 4) is 0 Å². The molecule has 0 saturated carbocycles. The van der Waals surface area contributed by atoms with Crippen LogP contribution in [0.15, 0.2) is 30.3 Å². The topological polar surface area (TPSA) is 32.3 Å². The Hall–Kier alpha value is -1.35. The van der Waals surface area contributed by atoms with Crippen molar-refractivity contribution in [2.75, 3.05) is 6.54 Å². The molecule has 0 aromatic heterocycles. The van der Waals surface area contributed by atoms with E-state index in [4.69, 9.17) is 0 Å². The zero-order valence-corrected chi connectivity index (χ0v) is 12.8. The molecule has 1 aromatic carbocycles. The Balaban J connectivity index is 1.99. The van der Waals surface area contributed by atoms with E-state index in [1.165, 1.54) is 5.56 Å². The second kappa shape index (κ2) is 6.89. The molecule has 0 bridgehead atoms. The summed E-state index contributed by atoms with van der Waals surface area (Å²) in [7, 11) is 0. The molecule has 2 rings (SSSR count). The first-order valence-electron chi connectivity index (χ1n) is 7.76. The first-order chi connectivity index (χ1) is 9.65. The standard InChI is InChI=1S/C17H26N2O/c1-4-14(5-2)12-19-13(3)18-16(17(19)20)11-15-9-7-6-8-10-15/h6-10,13-14,16,18H,4-5,11-12H2,1-3H3. The maximum absolute atomic E-state index is 12.6. The largest absolute Gasteiger partial charge is 0.326 e. The average molecular weight is 274 g/mol. The van der Waals surface area contributed by atoms with E-state index in [0.29, 0.717) is 5.92 Å². The van der Waals surface area contributed by atoms with Gasteiger partial charge in [-0.1, -0.05) is 57.0 Å². The summed E-state index contributed by atoms with van der Waals surface area (Å²) in [6, 6.07) is 10.2. The number of hydrogen-bond donors (Lipinski definition) is 1. The van der Waals surface area contributed by atoms with Gasteiger partial charge in [-0.3, -0.25) is 10.1 Å². The summed E-state index contributed by atoms with van der Waals surface area (Å²) in [6.07, 6.45) is 3.20. The summed E-state index contributed by atoms with van der Waals surface area (Å²) >= 11 is 0. The Labute approximate surface area is 122 Å². The lowest BCUT2D eigenvalue weighted by Gasteiger charge is -2.25. The molecule has 0 aliphatic carbocycles. The van der Waals surface area contributed by atoms with Crippen molar-refractivity contribution in [1.82, 2.24) is 10.2 Å². The molecule has 110 valence electrons. The summed E-state index contributed by atoms with van der Waals surface area (Å²) in [6.45, 7) is 7.37. The van der Waals surface area contributed by atoms with Crippen molar-refractivity contribution in [2.45, 2.75) is 52.2 Å². The highest BCUT2D eigenvalue weighted by Gasteiger charge is 2.36. The van der Waals surface area contributed by atoms with E-state index in [0.717, 1.165) is 25.8 Å². The fourth-order valence-electron chi connectivity index (χ4n) is 2.91. The minimum atomic E-state index is -0.0678. The van der Waals surface area contributed by atoms with Crippen LogP contribution in [0.2, 0.25) is 0 Å². The molecule has 1 fully saturated rings. The maximum atomic E-state index is 12.6. The van der Waals surface area contributed by atoms with Gasteiger partial charge < -0.3 is 4.90 Å². The first-order valence-corrected chi connectivity index (χ1v) is 7.76. The SMILES string of the molecule is CCC(CC)CN1C(=O)C(Cc2ccccc2)NC1C. The number of hydrogen-bond acceptors (Lipinski definition) is 2. The first kappa shape index (κ1) is 15.0. The molecular weight excluding hydrogens is 248 g/mol. The van der Waals surface area contributed by atoms with E-state index in [1.54, 1.807) is 0 Å². The molecule has 1 saturated heterocycles. The second-order valence-corrected chi connectivity index (χ2v) is 5.76. The van der Waals surface area contributed by atoms with Gasteiger partial charge in [-0.05, 0) is 24.8 Å². The minimum Gasteiger partial charge on any atom is -0.326 e. The summed E-state index contributed by atoms with van der Waals surface area (Å²) in [5.41, 5.74) is 1.22. The second-order valence-electron chi connectivity index (χ2n) is 5.76. The number of nitrogens with one attached hydrogen (secondary N) is 1. The molecule has 1 aliphatic rings. The zero-order valence-electron chi connectivity index (χ0n) is 12.8. The summed E-state index contributed by atoms with van der Waals surface area (Å²) in [5, 5.41) is 3.43. The number of benzene rings is 1. The van der Waals surface area contributed by atoms with Gasteiger partial charge in [-0.2, -0.15) is 0 Å². The lowest BCUT2D eigenvalue weighted by molar-refractivity contribution is -0.130. The van der Waals surface area contributed by atoms with Gasteiger partial charge in [0, 0.05) is 6.54 Å². The molecule has 1 aliphatic heterocycles. The number of nitrogens with zero attached hydrogens (tertiary/aromatic N) is 1. The molecule has 0 radical (unpaired) electrons. The molecule has 1 amide bonds. The van der Waals surface area contributed by atoms with Crippen molar-refractivity contribution in [3.05, 3.63) is 35.9 Å². The summed E-state index contributed by atoms with van der Waals surface area (Å²) in [4.78, 5) is 14.6. The molecule has 3 nitrogen and oxygen atoms in total. The average Bonchev–Trinajstić information content (AvgIpc) is 2.72. The van der Waals surface area contributed by atoms with Crippen LogP contribution in [0.5, 0.6) is 0 Å². The van der Waals surface area contributed by atoms with Crippen molar-refractivity contribution < 1.29 is 4.79 Å². The van der Waals surface area contributed by atoms with Crippen LogP contribution in [0.3, 0.4) is 0 Å². The minimum absolute atomic E-state index is 0.0678. The van der Waals surface area contributed by atoms with Gasteiger partial charge in [0.2, 0.25) is 5.91 Å². The monoisotopic (exact) mass is 274 g/mol. The predicted octanol–water partition coefficient (Wildman–Crippen LogP) is 2.81. The highest BCUT2D eigenvalue weighted by atomic mass is 16.2. The van der Waals surface area contributed by atoms with Gasteiger partial charge in [0.05, 0.1) is 12.2 Å². The van der Waals surface area contributed by atoms with Gasteiger partial charge in [0.25, 0.3) is 0 Å². The maximum Gasteiger partial charge on any atom is 0.241 e. The van der Waals surface area contributed by atoms with Crippen LogP contribution in [0.4, 0.5) is 0 Å². The van der Waals surface area contributed by atoms with Crippen LogP contribution in [-0.2, 0) is 11.2 Å². The smallest absolute Gasteiger partial charge is 0.241 e. The Morgan fingerprint density at radius 2 is 1.85 bits per heavy atom.